The number of aromatic nitrogens is 1. The number of para-hydroxylation sites is 1. The van der Waals surface area contributed by atoms with Crippen molar-refractivity contribution in [1.82, 2.24) is 10.4 Å². The lowest BCUT2D eigenvalue weighted by molar-refractivity contribution is -0.384. The standard InChI is InChI=1S/C31H24N6O5S/c32-18-24(31-34-26-11-3-4-13-28(26)43-31)25(12-6-14-29(39)33-21-9-5-10-22(17-21)37(41)42)35-36-30(40)23-15-19-7-1-2-8-20(19)16-27(23)38/h1-5,7-11,13,15-17,24,38H,6,12,14H2,(H,33,39)(H,36,40)/b35-25-/t24-/m0/s1. The SMILES string of the molecule is N#C[C@@H](/C(CCCC(=O)Nc1cccc([N+](=O)[O-])c1)=N\NC(=O)c1cc2ccccc2cc1O)c1nc2ccccc2s1. The normalized spacial score (nSPS) is 12.0. The fourth-order valence-electron chi connectivity index (χ4n) is 4.49. The van der Waals surface area contributed by atoms with E-state index in [1.54, 1.807) is 12.1 Å². The van der Waals surface area contributed by atoms with Crippen molar-refractivity contribution in [2.24, 2.45) is 5.10 Å². The zero-order valence-electron chi connectivity index (χ0n) is 22.6. The molecule has 0 spiro atoms. The number of rotatable bonds is 10. The number of amides is 2. The first-order valence-corrected chi connectivity index (χ1v) is 14.0. The van der Waals surface area contributed by atoms with Gasteiger partial charge in [-0.05, 0) is 53.9 Å². The number of nitro benzene ring substituents is 1. The number of thiazole rings is 1. The van der Waals surface area contributed by atoms with Crippen LogP contribution in [0, 0.1) is 21.4 Å². The third-order valence-electron chi connectivity index (χ3n) is 6.61. The van der Waals surface area contributed by atoms with E-state index in [2.05, 4.69) is 26.9 Å². The number of phenols is 1. The molecule has 1 heterocycles. The van der Waals surface area contributed by atoms with Crippen LogP contribution in [0.3, 0.4) is 0 Å². The highest BCUT2D eigenvalue weighted by atomic mass is 32.1. The average Bonchev–Trinajstić information content (AvgIpc) is 3.43. The van der Waals surface area contributed by atoms with Gasteiger partial charge in [0.2, 0.25) is 5.91 Å². The van der Waals surface area contributed by atoms with E-state index in [4.69, 9.17) is 0 Å². The molecule has 0 saturated carbocycles. The monoisotopic (exact) mass is 592 g/mol. The van der Waals surface area contributed by atoms with Gasteiger partial charge in [-0.25, -0.2) is 10.4 Å². The number of hydrazone groups is 1. The van der Waals surface area contributed by atoms with E-state index in [1.165, 1.54) is 35.6 Å². The van der Waals surface area contributed by atoms with Gasteiger partial charge in [0.25, 0.3) is 11.6 Å². The fraction of sp³-hybridized carbons (Fsp3) is 0.129. The number of nitro groups is 1. The van der Waals surface area contributed by atoms with E-state index in [9.17, 15) is 30.1 Å². The lowest BCUT2D eigenvalue weighted by atomic mass is 10.00. The number of nitrogens with zero attached hydrogens (tertiary/aromatic N) is 4. The minimum absolute atomic E-state index is 0.0200. The molecule has 0 fully saturated rings. The number of fused-ring (bicyclic) bond motifs is 2. The third kappa shape index (κ3) is 6.80. The fourth-order valence-corrected chi connectivity index (χ4v) is 5.54. The number of hydrogen-bond donors (Lipinski definition) is 3. The van der Waals surface area contributed by atoms with Crippen molar-refractivity contribution in [2.45, 2.75) is 25.2 Å². The summed E-state index contributed by atoms with van der Waals surface area (Å²) in [7, 11) is 0. The Morgan fingerprint density at radius 1 is 1.02 bits per heavy atom. The molecule has 1 aromatic heterocycles. The van der Waals surface area contributed by atoms with Gasteiger partial charge in [0.05, 0.1) is 32.5 Å². The minimum Gasteiger partial charge on any atom is -0.507 e. The van der Waals surface area contributed by atoms with Gasteiger partial charge in [-0.3, -0.25) is 19.7 Å². The van der Waals surface area contributed by atoms with Crippen molar-refractivity contribution < 1.29 is 19.6 Å². The Morgan fingerprint density at radius 3 is 2.51 bits per heavy atom. The summed E-state index contributed by atoms with van der Waals surface area (Å²) in [4.78, 5) is 40.8. The first-order chi connectivity index (χ1) is 20.8. The second kappa shape index (κ2) is 12.9. The van der Waals surface area contributed by atoms with Gasteiger partial charge in [-0.1, -0.05) is 42.5 Å². The molecule has 0 aliphatic rings. The maximum Gasteiger partial charge on any atom is 0.275 e. The first kappa shape index (κ1) is 28.8. The predicted octanol–water partition coefficient (Wildman–Crippen LogP) is 6.27. The summed E-state index contributed by atoms with van der Waals surface area (Å²) in [5, 5.41) is 40.6. The van der Waals surface area contributed by atoms with E-state index in [1.807, 2.05) is 48.5 Å². The van der Waals surface area contributed by atoms with Crippen LogP contribution in [0.1, 0.15) is 40.5 Å². The van der Waals surface area contributed by atoms with Gasteiger partial charge in [0.15, 0.2) is 0 Å². The van der Waals surface area contributed by atoms with Crippen molar-refractivity contribution in [3.63, 3.8) is 0 Å². The van der Waals surface area contributed by atoms with E-state index in [0.29, 0.717) is 16.4 Å². The minimum atomic E-state index is -0.900. The molecule has 5 aromatic rings. The molecule has 1 atom stereocenters. The van der Waals surface area contributed by atoms with Gasteiger partial charge >= 0.3 is 0 Å². The topological polar surface area (TPSA) is 171 Å². The highest BCUT2D eigenvalue weighted by molar-refractivity contribution is 7.18. The summed E-state index contributed by atoms with van der Waals surface area (Å²) < 4.78 is 0.888. The van der Waals surface area contributed by atoms with Crippen molar-refractivity contribution in [3.05, 3.63) is 106 Å². The Balaban J connectivity index is 1.35. The summed E-state index contributed by atoms with van der Waals surface area (Å²) in [6, 6.07) is 25.6. The van der Waals surface area contributed by atoms with Crippen molar-refractivity contribution in [1.29, 1.82) is 5.26 Å². The van der Waals surface area contributed by atoms with Crippen molar-refractivity contribution in [3.8, 4) is 11.8 Å². The number of hydrogen-bond acceptors (Lipinski definition) is 9. The van der Waals surface area contributed by atoms with Crippen LogP contribution >= 0.6 is 11.3 Å². The molecule has 0 aliphatic heterocycles. The van der Waals surface area contributed by atoms with Gasteiger partial charge in [-0.2, -0.15) is 10.4 Å². The molecule has 0 aliphatic carbocycles. The number of phenolic OH excluding ortho intramolecular Hbond substituents is 1. The highest BCUT2D eigenvalue weighted by Gasteiger charge is 2.23. The van der Waals surface area contributed by atoms with Crippen LogP contribution in [0.15, 0.2) is 90.0 Å². The number of nitriles is 1. The Labute approximate surface area is 249 Å². The Morgan fingerprint density at radius 2 is 1.77 bits per heavy atom. The summed E-state index contributed by atoms with van der Waals surface area (Å²) >= 11 is 1.34. The molecule has 0 radical (unpaired) electrons. The largest absolute Gasteiger partial charge is 0.507 e. The molecular formula is C31H24N6O5S. The van der Waals surface area contributed by atoms with Gasteiger partial charge in [-0.15, -0.1) is 11.3 Å². The molecule has 214 valence electrons. The number of anilines is 1. The lowest BCUT2D eigenvalue weighted by Gasteiger charge is -2.12. The number of carbonyl (C=O) groups is 2. The summed E-state index contributed by atoms with van der Waals surface area (Å²) in [6.45, 7) is 0. The number of non-ortho nitro benzene ring substituents is 1. The molecule has 43 heavy (non-hydrogen) atoms. The van der Waals surface area contributed by atoms with E-state index >= 15 is 0 Å². The summed E-state index contributed by atoms with van der Waals surface area (Å²) in [5.74, 6) is -2.15. The highest BCUT2D eigenvalue weighted by Crippen LogP contribution is 2.30. The molecule has 0 bridgehead atoms. The second-order valence-corrected chi connectivity index (χ2v) is 10.6. The van der Waals surface area contributed by atoms with Gasteiger partial charge in [0.1, 0.15) is 16.7 Å². The molecule has 12 heteroatoms. The number of aromatic hydroxyl groups is 1. The number of benzene rings is 4. The average molecular weight is 593 g/mol. The summed E-state index contributed by atoms with van der Waals surface area (Å²) in [6.07, 6.45) is 0.458. The Hall–Kier alpha value is -5.67. The summed E-state index contributed by atoms with van der Waals surface area (Å²) in [5.41, 5.74) is 3.65. The zero-order valence-corrected chi connectivity index (χ0v) is 23.4. The Kier molecular flexibility index (Phi) is 8.64. The molecule has 0 unspecified atom stereocenters. The smallest absolute Gasteiger partial charge is 0.275 e. The number of carbonyl (C=O) groups excluding carboxylic acids is 2. The van der Waals surface area contributed by atoms with Crippen LogP contribution in [-0.2, 0) is 4.79 Å². The molecule has 3 N–H and O–H groups in total. The predicted molar refractivity (Wildman–Crippen MR) is 164 cm³/mol. The first-order valence-electron chi connectivity index (χ1n) is 13.2. The second-order valence-electron chi connectivity index (χ2n) is 9.55. The van der Waals surface area contributed by atoms with Crippen molar-refractivity contribution in [2.75, 3.05) is 5.32 Å². The maximum absolute atomic E-state index is 13.1. The Bertz CT molecular complexity index is 1900. The zero-order chi connectivity index (χ0) is 30.3. The maximum atomic E-state index is 13.1. The molecule has 11 nitrogen and oxygen atoms in total. The van der Waals surface area contributed by atoms with Crippen molar-refractivity contribution >= 4 is 61.2 Å². The lowest BCUT2D eigenvalue weighted by Crippen LogP contribution is -2.23. The van der Waals surface area contributed by atoms with Crippen LogP contribution < -0.4 is 10.7 Å². The van der Waals surface area contributed by atoms with Gasteiger partial charge in [0, 0.05) is 24.2 Å². The van der Waals surface area contributed by atoms with E-state index in [0.717, 1.165) is 21.0 Å². The molecule has 0 saturated heterocycles. The van der Waals surface area contributed by atoms with Crippen LogP contribution in [-0.4, -0.2) is 32.5 Å². The van der Waals surface area contributed by atoms with E-state index < -0.39 is 16.7 Å². The van der Waals surface area contributed by atoms with Gasteiger partial charge < -0.3 is 10.4 Å². The van der Waals surface area contributed by atoms with E-state index in [-0.39, 0.29) is 42.2 Å². The van der Waals surface area contributed by atoms with Crippen LogP contribution in [0.4, 0.5) is 11.4 Å². The molecule has 4 aromatic carbocycles. The quantitative estimate of drug-likeness (QED) is 0.0975. The molecule has 2 amide bonds. The third-order valence-corrected chi connectivity index (χ3v) is 7.71. The molecule has 5 rings (SSSR count). The van der Waals surface area contributed by atoms with Crippen LogP contribution in [0.25, 0.3) is 21.0 Å². The molecular weight excluding hydrogens is 568 g/mol. The van der Waals surface area contributed by atoms with Crippen LogP contribution in [0.5, 0.6) is 5.75 Å². The number of nitrogens with one attached hydrogen (secondary N) is 2. The van der Waals surface area contributed by atoms with Crippen LogP contribution in [0.2, 0.25) is 0 Å².